The Bertz CT molecular complexity index is 549. The monoisotopic (exact) mass is 308 g/mol. The third-order valence-corrected chi connectivity index (χ3v) is 4.51. The van der Waals surface area contributed by atoms with Crippen molar-refractivity contribution in [1.82, 2.24) is 4.90 Å². The van der Waals surface area contributed by atoms with E-state index in [1.165, 1.54) is 32.4 Å². The molecule has 1 aromatic rings. The number of nitrogens with two attached hydrogens (primary N) is 1. The topological polar surface area (TPSA) is 53.6 Å². The number of benzene rings is 1. The summed E-state index contributed by atoms with van der Waals surface area (Å²) in [7, 11) is 0. The summed E-state index contributed by atoms with van der Waals surface area (Å²) in [6.45, 7) is 2.37. The molecule has 1 heterocycles. The first-order valence-corrected chi connectivity index (χ1v) is 7.91. The predicted octanol–water partition coefficient (Wildman–Crippen LogP) is 2.71. The van der Waals surface area contributed by atoms with Crippen molar-refractivity contribution in [3.63, 3.8) is 0 Å². The molecule has 0 aromatic heterocycles. The number of hydrogen-bond acceptors (Lipinski definition) is 2. The van der Waals surface area contributed by atoms with E-state index in [1.54, 1.807) is 0 Å². The lowest BCUT2D eigenvalue weighted by Gasteiger charge is -2.43. The van der Waals surface area contributed by atoms with Crippen LogP contribution in [0.1, 0.15) is 32.1 Å². The minimum atomic E-state index is -0.542. The standard InChI is InChI=1S/C16H22F2N4/c17-11-4-5-14(18)15(8-11)21-16(19)20-12-9-13(10-12)22-6-2-1-3-7-22/h4-5,8,12-13H,1-3,6-7,9-10H2,(H3,19,20,21). The molecule has 0 amide bonds. The lowest BCUT2D eigenvalue weighted by atomic mass is 9.85. The average Bonchev–Trinajstić information content (AvgIpc) is 2.47. The highest BCUT2D eigenvalue weighted by molar-refractivity contribution is 5.92. The van der Waals surface area contributed by atoms with E-state index in [-0.39, 0.29) is 17.7 Å². The highest BCUT2D eigenvalue weighted by Crippen LogP contribution is 2.30. The van der Waals surface area contributed by atoms with Crippen LogP contribution in [0.2, 0.25) is 0 Å². The molecule has 2 aliphatic rings. The number of nitrogens with zero attached hydrogens (tertiary/aromatic N) is 2. The molecule has 0 atom stereocenters. The maximum absolute atomic E-state index is 13.5. The van der Waals surface area contributed by atoms with E-state index >= 15 is 0 Å². The zero-order valence-electron chi connectivity index (χ0n) is 12.6. The summed E-state index contributed by atoms with van der Waals surface area (Å²) in [5.41, 5.74) is 5.82. The molecule has 3 rings (SSSR count). The van der Waals surface area contributed by atoms with Crippen molar-refractivity contribution < 1.29 is 8.78 Å². The van der Waals surface area contributed by atoms with Crippen molar-refractivity contribution in [2.45, 2.75) is 44.2 Å². The first kappa shape index (κ1) is 15.2. The molecule has 1 saturated heterocycles. The van der Waals surface area contributed by atoms with Gasteiger partial charge in [0.1, 0.15) is 11.6 Å². The van der Waals surface area contributed by atoms with Crippen LogP contribution in [-0.2, 0) is 0 Å². The SMILES string of the molecule is NC(=NC1CC(N2CCCCC2)C1)Nc1cc(F)ccc1F. The minimum Gasteiger partial charge on any atom is -0.370 e. The van der Waals surface area contributed by atoms with Crippen molar-refractivity contribution >= 4 is 11.6 Å². The van der Waals surface area contributed by atoms with Gasteiger partial charge >= 0.3 is 0 Å². The Balaban J connectivity index is 1.52. The maximum atomic E-state index is 13.5. The van der Waals surface area contributed by atoms with E-state index in [1.807, 2.05) is 0 Å². The van der Waals surface area contributed by atoms with Crippen LogP contribution < -0.4 is 11.1 Å². The summed E-state index contributed by atoms with van der Waals surface area (Å²) in [6, 6.07) is 4.00. The van der Waals surface area contributed by atoms with Gasteiger partial charge in [0.2, 0.25) is 0 Å². The Morgan fingerprint density at radius 1 is 1.18 bits per heavy atom. The number of likely N-dealkylation sites (tertiary alicyclic amines) is 1. The van der Waals surface area contributed by atoms with Gasteiger partial charge in [0, 0.05) is 12.1 Å². The van der Waals surface area contributed by atoms with Crippen molar-refractivity contribution in [3.05, 3.63) is 29.8 Å². The van der Waals surface area contributed by atoms with Gasteiger partial charge in [-0.25, -0.2) is 13.8 Å². The first-order valence-electron chi connectivity index (χ1n) is 7.91. The molecule has 22 heavy (non-hydrogen) atoms. The average molecular weight is 308 g/mol. The second kappa shape index (κ2) is 6.60. The smallest absolute Gasteiger partial charge is 0.193 e. The van der Waals surface area contributed by atoms with E-state index in [2.05, 4.69) is 15.2 Å². The summed E-state index contributed by atoms with van der Waals surface area (Å²) < 4.78 is 26.6. The molecule has 0 radical (unpaired) electrons. The van der Waals surface area contributed by atoms with Gasteiger partial charge in [0.05, 0.1) is 11.7 Å². The van der Waals surface area contributed by atoms with Gasteiger partial charge in [-0.05, 0) is 50.9 Å². The van der Waals surface area contributed by atoms with E-state index in [0.717, 1.165) is 31.0 Å². The fourth-order valence-corrected chi connectivity index (χ4v) is 3.21. The van der Waals surface area contributed by atoms with Crippen molar-refractivity contribution in [3.8, 4) is 0 Å². The van der Waals surface area contributed by atoms with E-state index in [9.17, 15) is 8.78 Å². The molecule has 0 unspecified atom stereocenters. The fraction of sp³-hybridized carbons (Fsp3) is 0.562. The van der Waals surface area contributed by atoms with Gasteiger partial charge < -0.3 is 16.0 Å². The Morgan fingerprint density at radius 3 is 2.64 bits per heavy atom. The highest BCUT2D eigenvalue weighted by Gasteiger charge is 2.34. The zero-order chi connectivity index (χ0) is 15.5. The van der Waals surface area contributed by atoms with Crippen LogP contribution in [0.25, 0.3) is 0 Å². The maximum Gasteiger partial charge on any atom is 0.193 e. The molecule has 1 aliphatic carbocycles. The molecule has 1 aliphatic heterocycles. The normalized spacial score (nSPS) is 26.5. The van der Waals surface area contributed by atoms with Crippen molar-refractivity contribution in [2.75, 3.05) is 18.4 Å². The Labute approximate surface area is 129 Å². The fourth-order valence-electron chi connectivity index (χ4n) is 3.21. The highest BCUT2D eigenvalue weighted by atomic mass is 19.1. The lowest BCUT2D eigenvalue weighted by molar-refractivity contribution is 0.0912. The number of guanidine groups is 1. The number of piperidine rings is 1. The summed E-state index contributed by atoms with van der Waals surface area (Å²) >= 11 is 0. The minimum absolute atomic E-state index is 0.0214. The first-order chi connectivity index (χ1) is 10.6. The predicted molar refractivity (Wildman–Crippen MR) is 83.8 cm³/mol. The van der Waals surface area contributed by atoms with Gasteiger partial charge in [-0.1, -0.05) is 6.42 Å². The molecule has 3 N–H and O–H groups in total. The van der Waals surface area contributed by atoms with Gasteiger partial charge in [-0.15, -0.1) is 0 Å². The number of rotatable bonds is 3. The zero-order valence-corrected chi connectivity index (χ0v) is 12.6. The summed E-state index contributed by atoms with van der Waals surface area (Å²) in [4.78, 5) is 6.89. The van der Waals surface area contributed by atoms with Gasteiger partial charge in [0.25, 0.3) is 0 Å². The van der Waals surface area contributed by atoms with Crippen LogP contribution in [-0.4, -0.2) is 36.0 Å². The van der Waals surface area contributed by atoms with Gasteiger partial charge in [0.15, 0.2) is 5.96 Å². The molecule has 4 nitrogen and oxygen atoms in total. The van der Waals surface area contributed by atoms with Crippen LogP contribution in [0.3, 0.4) is 0 Å². The number of aliphatic imine (C=N–C) groups is 1. The Hall–Kier alpha value is -1.69. The molecule has 2 fully saturated rings. The Morgan fingerprint density at radius 2 is 1.91 bits per heavy atom. The molecule has 1 aromatic carbocycles. The molecular weight excluding hydrogens is 286 g/mol. The van der Waals surface area contributed by atoms with Crippen molar-refractivity contribution in [1.29, 1.82) is 0 Å². The largest absolute Gasteiger partial charge is 0.370 e. The number of anilines is 1. The lowest BCUT2D eigenvalue weighted by Crippen LogP contribution is -2.49. The van der Waals surface area contributed by atoms with Crippen LogP contribution in [0.4, 0.5) is 14.5 Å². The van der Waals surface area contributed by atoms with E-state index in [4.69, 9.17) is 5.73 Å². The van der Waals surface area contributed by atoms with Crippen molar-refractivity contribution in [2.24, 2.45) is 10.7 Å². The number of halogens is 2. The van der Waals surface area contributed by atoms with Crippen LogP contribution in [0, 0.1) is 11.6 Å². The summed E-state index contributed by atoms with van der Waals surface area (Å²) in [5, 5.41) is 2.64. The van der Waals surface area contributed by atoms with E-state index in [0.29, 0.717) is 6.04 Å². The van der Waals surface area contributed by atoms with E-state index < -0.39 is 11.6 Å². The Kier molecular flexibility index (Phi) is 4.57. The molecule has 1 saturated carbocycles. The molecule has 6 heteroatoms. The van der Waals surface area contributed by atoms with Gasteiger partial charge in [-0.3, -0.25) is 0 Å². The quantitative estimate of drug-likeness (QED) is 0.667. The van der Waals surface area contributed by atoms with Crippen LogP contribution in [0.5, 0.6) is 0 Å². The second-order valence-corrected chi connectivity index (χ2v) is 6.14. The molecule has 0 bridgehead atoms. The second-order valence-electron chi connectivity index (χ2n) is 6.14. The summed E-state index contributed by atoms with van der Waals surface area (Å²) in [6.07, 6.45) is 5.89. The number of nitrogens with one attached hydrogen (secondary N) is 1. The van der Waals surface area contributed by atoms with Crippen LogP contribution >= 0.6 is 0 Å². The molecule has 0 spiro atoms. The number of hydrogen-bond donors (Lipinski definition) is 2. The summed E-state index contributed by atoms with van der Waals surface area (Å²) in [5.74, 6) is -0.906. The third-order valence-electron chi connectivity index (χ3n) is 4.51. The molecular formula is C16H22F2N4. The van der Waals surface area contributed by atoms with Gasteiger partial charge in [-0.2, -0.15) is 0 Å². The van der Waals surface area contributed by atoms with Crippen LogP contribution in [0.15, 0.2) is 23.2 Å². The molecule has 120 valence electrons. The third kappa shape index (κ3) is 3.55.